The van der Waals surface area contributed by atoms with Crippen molar-refractivity contribution in [2.24, 2.45) is 5.73 Å². The number of para-hydroxylation sites is 2. The third kappa shape index (κ3) is 5.35. The van der Waals surface area contributed by atoms with E-state index in [1.807, 2.05) is 83.8 Å². The van der Waals surface area contributed by atoms with Crippen molar-refractivity contribution in [1.82, 2.24) is 15.3 Å². The van der Waals surface area contributed by atoms with E-state index in [1.54, 1.807) is 12.3 Å². The predicted octanol–water partition coefficient (Wildman–Crippen LogP) is 3.19. The van der Waals surface area contributed by atoms with Crippen LogP contribution in [-0.4, -0.2) is 34.4 Å². The molecule has 1 aliphatic rings. The molecule has 9 nitrogen and oxygen atoms in total. The van der Waals surface area contributed by atoms with Crippen LogP contribution < -0.4 is 27.0 Å². The van der Waals surface area contributed by atoms with Crippen LogP contribution in [0.3, 0.4) is 0 Å². The molecule has 0 fully saturated rings. The number of nitrogen functional groups attached to an aromatic ring is 1. The molecule has 3 aromatic carbocycles. The fourth-order valence-corrected chi connectivity index (χ4v) is 4.47. The summed E-state index contributed by atoms with van der Waals surface area (Å²) >= 11 is 0. The second-order valence-corrected chi connectivity index (χ2v) is 8.82. The maximum Gasteiger partial charge on any atom is 0.251 e. The third-order valence-electron chi connectivity index (χ3n) is 6.32. The maximum atomic E-state index is 13.2. The SMILES string of the molecule is NC(=O)C(CN(c1ccccc1)c1ccccc1)NC(=O)c1ccc2c(c1)CC(c1ccnc(N)n1)N2. The molecule has 37 heavy (non-hydrogen) atoms. The van der Waals surface area contributed by atoms with Crippen molar-refractivity contribution in [3.8, 4) is 0 Å². The van der Waals surface area contributed by atoms with Crippen LogP contribution in [0.4, 0.5) is 23.0 Å². The van der Waals surface area contributed by atoms with Crippen molar-refractivity contribution < 1.29 is 9.59 Å². The number of carbonyl (C=O) groups excluding carboxylic acids is 2. The summed E-state index contributed by atoms with van der Waals surface area (Å²) in [6.07, 6.45) is 2.27. The number of primary amides is 1. The smallest absolute Gasteiger partial charge is 0.251 e. The van der Waals surface area contributed by atoms with Gasteiger partial charge in [0.25, 0.3) is 5.91 Å². The molecule has 1 aliphatic heterocycles. The highest BCUT2D eigenvalue weighted by Crippen LogP contribution is 2.34. The highest BCUT2D eigenvalue weighted by Gasteiger charge is 2.27. The van der Waals surface area contributed by atoms with E-state index in [0.29, 0.717) is 12.0 Å². The Morgan fingerprint density at radius 3 is 2.30 bits per heavy atom. The van der Waals surface area contributed by atoms with Crippen molar-refractivity contribution in [2.45, 2.75) is 18.5 Å². The zero-order valence-corrected chi connectivity index (χ0v) is 20.0. The summed E-state index contributed by atoms with van der Waals surface area (Å²) < 4.78 is 0. The average molecular weight is 494 g/mol. The van der Waals surface area contributed by atoms with Gasteiger partial charge in [-0.15, -0.1) is 0 Å². The zero-order valence-electron chi connectivity index (χ0n) is 20.0. The van der Waals surface area contributed by atoms with Crippen molar-refractivity contribution in [3.05, 3.63) is 108 Å². The molecule has 1 aromatic heterocycles. The number of aromatic nitrogens is 2. The van der Waals surface area contributed by atoms with Gasteiger partial charge >= 0.3 is 0 Å². The molecule has 2 amide bonds. The normalized spacial score (nSPS) is 14.8. The number of benzene rings is 3. The van der Waals surface area contributed by atoms with Gasteiger partial charge in [-0.05, 0) is 54.1 Å². The summed E-state index contributed by atoms with van der Waals surface area (Å²) in [5.41, 5.74) is 16.4. The minimum atomic E-state index is -0.920. The molecule has 0 saturated carbocycles. The predicted molar refractivity (Wildman–Crippen MR) is 143 cm³/mol. The van der Waals surface area contributed by atoms with Gasteiger partial charge in [0.1, 0.15) is 6.04 Å². The molecule has 2 heterocycles. The molecule has 9 heteroatoms. The van der Waals surface area contributed by atoms with Gasteiger partial charge in [0.15, 0.2) is 0 Å². The summed E-state index contributed by atoms with van der Waals surface area (Å²) in [5, 5.41) is 6.24. The van der Waals surface area contributed by atoms with E-state index >= 15 is 0 Å². The lowest BCUT2D eigenvalue weighted by molar-refractivity contribution is -0.119. The van der Waals surface area contributed by atoms with Crippen LogP contribution in [0.2, 0.25) is 0 Å². The molecule has 4 aromatic rings. The van der Waals surface area contributed by atoms with Gasteiger partial charge in [-0.3, -0.25) is 9.59 Å². The van der Waals surface area contributed by atoms with Gasteiger partial charge in [0.05, 0.1) is 18.3 Å². The average Bonchev–Trinajstić information content (AvgIpc) is 3.35. The Balaban J connectivity index is 1.33. The van der Waals surface area contributed by atoms with Crippen molar-refractivity contribution >= 4 is 34.8 Å². The summed E-state index contributed by atoms with van der Waals surface area (Å²) in [6, 6.07) is 25.6. The van der Waals surface area contributed by atoms with Crippen LogP contribution >= 0.6 is 0 Å². The number of hydrogen-bond donors (Lipinski definition) is 4. The molecular weight excluding hydrogens is 466 g/mol. The number of amides is 2. The standard InChI is InChI=1S/C28H27N7O2/c29-26(36)25(17-35(20-7-3-1-4-8-20)21-9-5-2-6-10-21)33-27(37)18-11-12-22-19(15-18)16-24(32-22)23-13-14-31-28(30)34-23/h1-15,24-25,32H,16-17H2,(H2,29,36)(H,33,37)(H2,30,31,34). The highest BCUT2D eigenvalue weighted by atomic mass is 16.2. The first-order valence-corrected chi connectivity index (χ1v) is 11.9. The first kappa shape index (κ1) is 23.8. The zero-order chi connectivity index (χ0) is 25.8. The second kappa shape index (κ2) is 10.4. The molecule has 2 atom stereocenters. The van der Waals surface area contributed by atoms with Crippen molar-refractivity contribution in [2.75, 3.05) is 22.5 Å². The number of anilines is 4. The van der Waals surface area contributed by atoms with E-state index < -0.39 is 11.9 Å². The quantitative estimate of drug-likeness (QED) is 0.296. The van der Waals surface area contributed by atoms with Crippen LogP contribution in [0.15, 0.2) is 91.1 Å². The van der Waals surface area contributed by atoms with Crippen molar-refractivity contribution in [3.63, 3.8) is 0 Å². The lowest BCUT2D eigenvalue weighted by Crippen LogP contribution is -2.50. The Morgan fingerprint density at radius 2 is 1.68 bits per heavy atom. The summed E-state index contributed by atoms with van der Waals surface area (Å²) in [6.45, 7) is 0.179. The Hall–Kier alpha value is -4.92. The summed E-state index contributed by atoms with van der Waals surface area (Å²) in [5.74, 6) is -0.773. The first-order valence-electron chi connectivity index (χ1n) is 11.9. The van der Waals surface area contributed by atoms with E-state index in [0.717, 1.165) is 28.3 Å². The Labute approximate surface area is 214 Å². The lowest BCUT2D eigenvalue weighted by atomic mass is 10.0. The van der Waals surface area contributed by atoms with Crippen LogP contribution in [0.25, 0.3) is 0 Å². The second-order valence-electron chi connectivity index (χ2n) is 8.82. The number of carbonyl (C=O) groups is 2. The molecule has 2 unspecified atom stereocenters. The minimum absolute atomic E-state index is 0.0673. The largest absolute Gasteiger partial charge is 0.376 e. The van der Waals surface area contributed by atoms with Gasteiger partial charge in [-0.2, -0.15) is 0 Å². The number of nitrogens with two attached hydrogens (primary N) is 2. The molecule has 0 spiro atoms. The summed E-state index contributed by atoms with van der Waals surface area (Å²) in [4.78, 5) is 35.8. The van der Waals surface area contributed by atoms with Gasteiger partial charge in [-0.25, -0.2) is 9.97 Å². The number of fused-ring (bicyclic) bond motifs is 1. The fraction of sp³-hybridized carbons (Fsp3) is 0.143. The van der Waals surface area contributed by atoms with E-state index in [4.69, 9.17) is 11.5 Å². The number of nitrogens with one attached hydrogen (secondary N) is 2. The molecular formula is C28H27N7O2. The first-order chi connectivity index (χ1) is 18.0. The van der Waals surface area contributed by atoms with Crippen LogP contribution in [0.5, 0.6) is 0 Å². The molecule has 5 rings (SSSR count). The molecule has 186 valence electrons. The monoisotopic (exact) mass is 493 g/mol. The van der Waals surface area contributed by atoms with E-state index in [9.17, 15) is 9.59 Å². The van der Waals surface area contributed by atoms with Gasteiger partial charge in [-0.1, -0.05) is 36.4 Å². The minimum Gasteiger partial charge on any atom is -0.376 e. The molecule has 0 bridgehead atoms. The topological polar surface area (TPSA) is 139 Å². The molecule has 0 aliphatic carbocycles. The molecule has 6 N–H and O–H groups in total. The van der Waals surface area contributed by atoms with E-state index in [2.05, 4.69) is 20.6 Å². The summed E-state index contributed by atoms with van der Waals surface area (Å²) in [7, 11) is 0. The Bertz CT molecular complexity index is 1370. The van der Waals surface area contributed by atoms with Crippen LogP contribution in [-0.2, 0) is 11.2 Å². The van der Waals surface area contributed by atoms with Crippen LogP contribution in [0, 0.1) is 0 Å². The van der Waals surface area contributed by atoms with Crippen molar-refractivity contribution in [1.29, 1.82) is 0 Å². The van der Waals surface area contributed by atoms with Gasteiger partial charge in [0, 0.05) is 35.2 Å². The van der Waals surface area contributed by atoms with Gasteiger partial charge in [0.2, 0.25) is 11.9 Å². The lowest BCUT2D eigenvalue weighted by Gasteiger charge is -2.29. The number of hydrogen-bond acceptors (Lipinski definition) is 7. The Kier molecular flexibility index (Phi) is 6.67. The van der Waals surface area contributed by atoms with E-state index in [-0.39, 0.29) is 24.4 Å². The maximum absolute atomic E-state index is 13.2. The molecule has 0 saturated heterocycles. The van der Waals surface area contributed by atoms with E-state index in [1.165, 1.54) is 0 Å². The number of rotatable bonds is 8. The highest BCUT2D eigenvalue weighted by molar-refractivity contribution is 5.98. The Morgan fingerprint density at radius 1 is 1.00 bits per heavy atom. The third-order valence-corrected chi connectivity index (χ3v) is 6.32. The number of nitrogens with zero attached hydrogens (tertiary/aromatic N) is 3. The van der Waals surface area contributed by atoms with Crippen LogP contribution in [0.1, 0.15) is 27.7 Å². The fourth-order valence-electron chi connectivity index (χ4n) is 4.47. The van der Waals surface area contributed by atoms with Gasteiger partial charge < -0.3 is 27.0 Å². The molecule has 0 radical (unpaired) electrons.